The minimum Gasteiger partial charge on any atom is -0.368 e. The Balaban J connectivity index is 2.39. The number of hydrogen-bond acceptors (Lipinski definition) is 2. The Morgan fingerprint density at radius 2 is 1.19 bits per heavy atom. The van der Waals surface area contributed by atoms with Crippen LogP contribution in [0.15, 0.2) is 60.7 Å². The van der Waals surface area contributed by atoms with Crippen LogP contribution >= 0.6 is 0 Å². The van der Waals surface area contributed by atoms with Crippen molar-refractivity contribution in [1.82, 2.24) is 0 Å². The van der Waals surface area contributed by atoms with Gasteiger partial charge >= 0.3 is 0 Å². The van der Waals surface area contributed by atoms with Crippen molar-refractivity contribution in [3.8, 4) is 0 Å². The van der Waals surface area contributed by atoms with Gasteiger partial charge in [-0.05, 0) is 22.5 Å². The lowest BCUT2D eigenvalue weighted by Gasteiger charge is -2.41. The smallest absolute Gasteiger partial charge is 0.158 e. The normalized spacial score (nSPS) is 15.0. The van der Waals surface area contributed by atoms with Gasteiger partial charge in [-0.15, -0.1) is 0 Å². The van der Waals surface area contributed by atoms with Gasteiger partial charge in [0.05, 0.1) is 0 Å². The molecule has 0 bridgehead atoms. The summed E-state index contributed by atoms with van der Waals surface area (Å²) in [6.07, 6.45) is -1.38. The molecule has 0 aliphatic heterocycles. The van der Waals surface area contributed by atoms with Crippen molar-refractivity contribution in [3.63, 3.8) is 0 Å². The van der Waals surface area contributed by atoms with Crippen LogP contribution in [0.2, 0.25) is 0 Å². The van der Waals surface area contributed by atoms with E-state index in [9.17, 15) is 10.2 Å². The lowest BCUT2D eigenvalue weighted by Crippen LogP contribution is -2.36. The molecule has 2 rings (SSSR count). The second kappa shape index (κ2) is 6.42. The number of aliphatic hydroxyl groups excluding tert-OH is 1. The largest absolute Gasteiger partial charge is 0.368 e. The van der Waals surface area contributed by atoms with E-state index in [1.165, 1.54) is 5.56 Å². The third kappa shape index (κ3) is 3.34. The SMILES string of the molecule is CC(c1ccccc1)C(C)(C)C(c1ccccc1)C(O)O. The first-order valence-corrected chi connectivity index (χ1v) is 7.40. The third-order valence-corrected chi connectivity index (χ3v) is 4.67. The number of benzene rings is 2. The standard InChI is InChI=1S/C19H24O2/c1-14(15-10-6-4-7-11-15)19(2,3)17(18(20)21)16-12-8-5-9-13-16/h4-14,17-18,20-21H,1-3H3. The Kier molecular flexibility index (Phi) is 4.81. The monoisotopic (exact) mass is 284 g/mol. The Hall–Kier alpha value is -1.64. The second-order valence-electron chi connectivity index (χ2n) is 6.26. The molecule has 2 N–H and O–H groups in total. The highest BCUT2D eigenvalue weighted by atomic mass is 16.5. The third-order valence-electron chi connectivity index (χ3n) is 4.67. The van der Waals surface area contributed by atoms with E-state index in [1.807, 2.05) is 48.5 Å². The molecule has 21 heavy (non-hydrogen) atoms. The lowest BCUT2D eigenvalue weighted by molar-refractivity contribution is -0.0911. The van der Waals surface area contributed by atoms with Crippen molar-refractivity contribution in [2.45, 2.75) is 38.9 Å². The van der Waals surface area contributed by atoms with Crippen molar-refractivity contribution in [2.75, 3.05) is 0 Å². The molecule has 0 aromatic heterocycles. The van der Waals surface area contributed by atoms with Crippen molar-refractivity contribution >= 4 is 0 Å². The molecule has 2 nitrogen and oxygen atoms in total. The molecule has 0 fully saturated rings. The Morgan fingerprint density at radius 1 is 0.762 bits per heavy atom. The molecule has 2 aromatic rings. The molecule has 2 aromatic carbocycles. The van der Waals surface area contributed by atoms with E-state index in [-0.39, 0.29) is 17.3 Å². The predicted octanol–water partition coefficient (Wildman–Crippen LogP) is 3.91. The summed E-state index contributed by atoms with van der Waals surface area (Å²) in [6, 6.07) is 20.0. The summed E-state index contributed by atoms with van der Waals surface area (Å²) in [5.41, 5.74) is 1.88. The molecular formula is C19H24O2. The van der Waals surface area contributed by atoms with Crippen LogP contribution in [0.5, 0.6) is 0 Å². The van der Waals surface area contributed by atoms with E-state index in [2.05, 4.69) is 32.9 Å². The van der Waals surface area contributed by atoms with Crippen molar-refractivity contribution in [2.24, 2.45) is 5.41 Å². The van der Waals surface area contributed by atoms with Gasteiger partial charge in [0.1, 0.15) is 0 Å². The summed E-state index contributed by atoms with van der Waals surface area (Å²) in [4.78, 5) is 0. The van der Waals surface area contributed by atoms with Gasteiger partial charge in [-0.1, -0.05) is 81.4 Å². The van der Waals surface area contributed by atoms with Crippen LogP contribution in [0.1, 0.15) is 43.7 Å². The molecule has 0 heterocycles. The van der Waals surface area contributed by atoms with Gasteiger partial charge in [0.25, 0.3) is 0 Å². The average Bonchev–Trinajstić information content (AvgIpc) is 2.48. The van der Waals surface area contributed by atoms with Crippen LogP contribution in [-0.4, -0.2) is 16.5 Å². The first-order valence-electron chi connectivity index (χ1n) is 7.40. The molecule has 2 heteroatoms. The maximum atomic E-state index is 9.95. The molecule has 0 radical (unpaired) electrons. The molecule has 0 spiro atoms. The Morgan fingerprint density at radius 3 is 1.62 bits per heavy atom. The van der Waals surface area contributed by atoms with E-state index in [1.54, 1.807) is 0 Å². The number of aliphatic hydroxyl groups is 2. The molecule has 0 saturated heterocycles. The maximum absolute atomic E-state index is 9.95. The van der Waals surface area contributed by atoms with Crippen molar-refractivity contribution in [3.05, 3.63) is 71.8 Å². The molecule has 2 unspecified atom stereocenters. The quantitative estimate of drug-likeness (QED) is 0.817. The minimum absolute atomic E-state index is 0.200. The second-order valence-corrected chi connectivity index (χ2v) is 6.26. The Labute approximate surface area is 127 Å². The van der Waals surface area contributed by atoms with Crippen molar-refractivity contribution in [1.29, 1.82) is 0 Å². The fourth-order valence-electron chi connectivity index (χ4n) is 3.09. The number of hydrogen-bond donors (Lipinski definition) is 2. The van der Waals surface area contributed by atoms with Gasteiger partial charge in [0, 0.05) is 5.92 Å². The van der Waals surface area contributed by atoms with Crippen LogP contribution in [0.4, 0.5) is 0 Å². The molecular weight excluding hydrogens is 260 g/mol. The first-order chi connectivity index (χ1) is 9.94. The molecule has 0 saturated carbocycles. The van der Waals surface area contributed by atoms with E-state index < -0.39 is 6.29 Å². The van der Waals surface area contributed by atoms with Crippen LogP contribution in [-0.2, 0) is 0 Å². The fourth-order valence-corrected chi connectivity index (χ4v) is 3.09. The topological polar surface area (TPSA) is 40.5 Å². The zero-order valence-corrected chi connectivity index (χ0v) is 12.9. The number of rotatable bonds is 5. The highest BCUT2D eigenvalue weighted by Gasteiger charge is 2.40. The highest BCUT2D eigenvalue weighted by Crippen LogP contribution is 2.47. The molecule has 112 valence electrons. The maximum Gasteiger partial charge on any atom is 0.158 e. The predicted molar refractivity (Wildman–Crippen MR) is 86.0 cm³/mol. The van der Waals surface area contributed by atoms with Gasteiger partial charge in [0.15, 0.2) is 6.29 Å². The molecule has 2 atom stereocenters. The molecule has 0 aliphatic carbocycles. The van der Waals surface area contributed by atoms with E-state index >= 15 is 0 Å². The first kappa shape index (κ1) is 15.7. The molecule has 0 aliphatic rings. The fraction of sp³-hybridized carbons (Fsp3) is 0.368. The van der Waals surface area contributed by atoms with E-state index in [4.69, 9.17) is 0 Å². The molecule has 0 amide bonds. The van der Waals surface area contributed by atoms with Gasteiger partial charge in [-0.3, -0.25) is 0 Å². The van der Waals surface area contributed by atoms with Crippen LogP contribution < -0.4 is 0 Å². The summed E-state index contributed by atoms with van der Waals surface area (Å²) in [7, 11) is 0. The average molecular weight is 284 g/mol. The Bertz CT molecular complexity index is 546. The van der Waals surface area contributed by atoms with Gasteiger partial charge in [-0.25, -0.2) is 0 Å². The van der Waals surface area contributed by atoms with Crippen molar-refractivity contribution < 1.29 is 10.2 Å². The highest BCUT2D eigenvalue weighted by molar-refractivity contribution is 5.27. The van der Waals surface area contributed by atoms with Crippen LogP contribution in [0, 0.1) is 5.41 Å². The minimum atomic E-state index is -1.38. The van der Waals surface area contributed by atoms with Crippen LogP contribution in [0.3, 0.4) is 0 Å². The summed E-state index contributed by atoms with van der Waals surface area (Å²) in [5, 5.41) is 19.9. The summed E-state index contributed by atoms with van der Waals surface area (Å²) in [6.45, 7) is 6.34. The van der Waals surface area contributed by atoms with E-state index in [0.29, 0.717) is 0 Å². The zero-order valence-electron chi connectivity index (χ0n) is 12.9. The summed E-state index contributed by atoms with van der Waals surface area (Å²) < 4.78 is 0. The lowest BCUT2D eigenvalue weighted by atomic mass is 9.65. The zero-order chi connectivity index (χ0) is 15.5. The summed E-state index contributed by atoms with van der Waals surface area (Å²) >= 11 is 0. The van der Waals surface area contributed by atoms with Gasteiger partial charge < -0.3 is 10.2 Å². The van der Waals surface area contributed by atoms with Gasteiger partial charge in [-0.2, -0.15) is 0 Å². The van der Waals surface area contributed by atoms with Gasteiger partial charge in [0.2, 0.25) is 0 Å². The van der Waals surface area contributed by atoms with E-state index in [0.717, 1.165) is 5.56 Å². The summed E-state index contributed by atoms with van der Waals surface area (Å²) in [5.74, 6) is -0.139. The van der Waals surface area contributed by atoms with Crippen LogP contribution in [0.25, 0.3) is 0 Å².